The van der Waals surface area contributed by atoms with E-state index in [1.54, 1.807) is 12.4 Å². The van der Waals surface area contributed by atoms with Crippen LogP contribution in [0, 0.1) is 0 Å². The molecule has 1 saturated heterocycles. The highest BCUT2D eigenvalue weighted by Crippen LogP contribution is 2.36. The van der Waals surface area contributed by atoms with Gasteiger partial charge in [-0.2, -0.15) is 0 Å². The van der Waals surface area contributed by atoms with Crippen molar-refractivity contribution in [3.63, 3.8) is 0 Å². The lowest BCUT2D eigenvalue weighted by atomic mass is 9.79. The molecular formula is C17H19BClNO2. The quantitative estimate of drug-likeness (QED) is 0.792. The predicted octanol–water partition coefficient (Wildman–Crippen LogP) is 3.70. The molecule has 0 bridgehead atoms. The molecule has 3 nitrogen and oxygen atoms in total. The zero-order valence-corrected chi connectivity index (χ0v) is 14.0. The molecule has 0 N–H and O–H groups in total. The maximum absolute atomic E-state index is 6.27. The first kappa shape index (κ1) is 15.5. The molecule has 1 fully saturated rings. The molecule has 1 aliphatic heterocycles. The van der Waals surface area contributed by atoms with E-state index in [0.717, 1.165) is 16.6 Å². The Morgan fingerprint density at radius 1 is 1.00 bits per heavy atom. The van der Waals surface area contributed by atoms with Crippen LogP contribution in [0.2, 0.25) is 5.02 Å². The third-order valence-electron chi connectivity index (χ3n) is 4.47. The fraction of sp³-hybridized carbons (Fsp3) is 0.353. The number of rotatable bonds is 2. The lowest BCUT2D eigenvalue weighted by molar-refractivity contribution is 0.00578. The van der Waals surface area contributed by atoms with Crippen LogP contribution < -0.4 is 5.46 Å². The van der Waals surface area contributed by atoms with Gasteiger partial charge in [0.1, 0.15) is 0 Å². The van der Waals surface area contributed by atoms with Gasteiger partial charge >= 0.3 is 7.12 Å². The van der Waals surface area contributed by atoms with Crippen molar-refractivity contribution in [2.45, 2.75) is 38.9 Å². The molecule has 1 aromatic heterocycles. The third-order valence-corrected chi connectivity index (χ3v) is 4.80. The van der Waals surface area contributed by atoms with E-state index in [1.807, 2.05) is 58.0 Å². The fourth-order valence-corrected chi connectivity index (χ4v) is 2.65. The maximum Gasteiger partial charge on any atom is 0.496 e. The van der Waals surface area contributed by atoms with Crippen LogP contribution in [0.3, 0.4) is 0 Å². The van der Waals surface area contributed by atoms with Crippen LogP contribution in [0.15, 0.2) is 42.7 Å². The van der Waals surface area contributed by atoms with Crippen molar-refractivity contribution in [1.29, 1.82) is 0 Å². The highest BCUT2D eigenvalue weighted by atomic mass is 35.5. The van der Waals surface area contributed by atoms with Crippen molar-refractivity contribution in [3.8, 4) is 11.1 Å². The average molecular weight is 316 g/mol. The van der Waals surface area contributed by atoms with E-state index in [1.165, 1.54) is 0 Å². The predicted molar refractivity (Wildman–Crippen MR) is 90.4 cm³/mol. The van der Waals surface area contributed by atoms with Crippen molar-refractivity contribution < 1.29 is 9.31 Å². The molecule has 0 unspecified atom stereocenters. The van der Waals surface area contributed by atoms with Gasteiger partial charge in [0.05, 0.1) is 11.2 Å². The Labute approximate surface area is 136 Å². The van der Waals surface area contributed by atoms with Crippen LogP contribution in [0.4, 0.5) is 0 Å². The minimum atomic E-state index is -0.417. The molecule has 0 spiro atoms. The summed E-state index contributed by atoms with van der Waals surface area (Å²) in [4.78, 5) is 4.32. The molecule has 0 amide bonds. The number of aromatic nitrogens is 1. The van der Waals surface area contributed by atoms with Crippen LogP contribution in [0.25, 0.3) is 11.1 Å². The molecule has 0 radical (unpaired) electrons. The summed E-state index contributed by atoms with van der Waals surface area (Å²) in [6.07, 6.45) is 3.58. The summed E-state index contributed by atoms with van der Waals surface area (Å²) in [5, 5.41) is 0.704. The van der Waals surface area contributed by atoms with Gasteiger partial charge in [-0.25, -0.2) is 0 Å². The van der Waals surface area contributed by atoms with Crippen molar-refractivity contribution >= 4 is 24.2 Å². The van der Waals surface area contributed by atoms with E-state index in [-0.39, 0.29) is 11.2 Å². The van der Waals surface area contributed by atoms with E-state index in [9.17, 15) is 0 Å². The minimum absolute atomic E-state index is 0.363. The molecule has 0 saturated carbocycles. The molecule has 2 heterocycles. The van der Waals surface area contributed by atoms with Crippen LogP contribution in [-0.4, -0.2) is 23.3 Å². The summed E-state index contributed by atoms with van der Waals surface area (Å²) in [6.45, 7) is 8.16. The number of pyridine rings is 1. The standard InChI is InChI=1S/C17H19BClNO2/c1-16(2)17(3,4)22-18(21-16)13-9-12(10-20-11-13)14-7-5-6-8-15(14)19/h5-11H,1-4H3. The Bertz CT molecular complexity index is 687. The first-order chi connectivity index (χ1) is 10.3. The number of hydrogen-bond donors (Lipinski definition) is 0. The van der Waals surface area contributed by atoms with E-state index in [4.69, 9.17) is 20.9 Å². The summed E-state index contributed by atoms with van der Waals surface area (Å²) in [5.74, 6) is 0. The van der Waals surface area contributed by atoms with Crippen molar-refractivity contribution in [1.82, 2.24) is 4.98 Å². The van der Waals surface area contributed by atoms with Crippen LogP contribution in [-0.2, 0) is 9.31 Å². The molecule has 22 heavy (non-hydrogen) atoms. The van der Waals surface area contributed by atoms with Gasteiger partial charge in [-0.15, -0.1) is 0 Å². The summed E-state index contributed by atoms with van der Waals surface area (Å²) in [7, 11) is -0.417. The second-order valence-electron chi connectivity index (χ2n) is 6.58. The van der Waals surface area contributed by atoms with E-state index in [2.05, 4.69) is 4.98 Å². The number of nitrogens with zero attached hydrogens (tertiary/aromatic N) is 1. The molecule has 114 valence electrons. The van der Waals surface area contributed by atoms with Gasteiger partial charge in [0.2, 0.25) is 0 Å². The molecular weight excluding hydrogens is 296 g/mol. The Kier molecular flexibility index (Phi) is 3.80. The van der Waals surface area contributed by atoms with Gasteiger partial charge < -0.3 is 9.31 Å². The SMILES string of the molecule is CC1(C)OB(c2cncc(-c3ccccc3Cl)c2)OC1(C)C. The monoisotopic (exact) mass is 315 g/mol. The van der Waals surface area contributed by atoms with Gasteiger partial charge in [0.15, 0.2) is 0 Å². The summed E-state index contributed by atoms with van der Waals surface area (Å²) in [5.41, 5.74) is 2.08. The first-order valence-corrected chi connectivity index (χ1v) is 7.73. The van der Waals surface area contributed by atoms with Gasteiger partial charge in [-0.05, 0) is 33.8 Å². The van der Waals surface area contributed by atoms with E-state index < -0.39 is 7.12 Å². The smallest absolute Gasteiger partial charge is 0.399 e. The van der Waals surface area contributed by atoms with Gasteiger partial charge in [-0.3, -0.25) is 4.98 Å². The number of halogens is 1. The van der Waals surface area contributed by atoms with Crippen LogP contribution in [0.5, 0.6) is 0 Å². The highest BCUT2D eigenvalue weighted by Gasteiger charge is 2.51. The average Bonchev–Trinajstić information content (AvgIpc) is 2.68. The zero-order valence-electron chi connectivity index (χ0n) is 13.3. The Morgan fingerprint density at radius 3 is 2.27 bits per heavy atom. The molecule has 0 atom stereocenters. The van der Waals surface area contributed by atoms with Crippen LogP contribution >= 0.6 is 11.6 Å². The minimum Gasteiger partial charge on any atom is -0.399 e. The van der Waals surface area contributed by atoms with Gasteiger partial charge in [-0.1, -0.05) is 35.9 Å². The Morgan fingerprint density at radius 2 is 1.64 bits per heavy atom. The van der Waals surface area contributed by atoms with Crippen molar-refractivity contribution in [2.24, 2.45) is 0 Å². The van der Waals surface area contributed by atoms with Crippen molar-refractivity contribution in [2.75, 3.05) is 0 Å². The van der Waals surface area contributed by atoms with Gasteiger partial charge in [0, 0.05) is 34.0 Å². The molecule has 1 aliphatic rings. The first-order valence-electron chi connectivity index (χ1n) is 7.36. The summed E-state index contributed by atoms with van der Waals surface area (Å²) < 4.78 is 12.2. The topological polar surface area (TPSA) is 31.4 Å². The maximum atomic E-state index is 6.27. The van der Waals surface area contributed by atoms with E-state index >= 15 is 0 Å². The number of benzene rings is 1. The second-order valence-corrected chi connectivity index (χ2v) is 6.98. The summed E-state index contributed by atoms with van der Waals surface area (Å²) >= 11 is 6.27. The lowest BCUT2D eigenvalue weighted by Crippen LogP contribution is -2.41. The second kappa shape index (κ2) is 5.37. The van der Waals surface area contributed by atoms with Crippen LogP contribution in [0.1, 0.15) is 27.7 Å². The fourth-order valence-electron chi connectivity index (χ4n) is 2.41. The third kappa shape index (κ3) is 2.67. The van der Waals surface area contributed by atoms with Crippen molar-refractivity contribution in [3.05, 3.63) is 47.7 Å². The van der Waals surface area contributed by atoms with Gasteiger partial charge in [0.25, 0.3) is 0 Å². The Balaban J connectivity index is 1.95. The molecule has 5 heteroatoms. The number of hydrogen-bond acceptors (Lipinski definition) is 3. The molecule has 3 rings (SSSR count). The zero-order chi connectivity index (χ0) is 16.0. The molecule has 0 aliphatic carbocycles. The molecule has 2 aromatic rings. The normalized spacial score (nSPS) is 19.4. The molecule has 1 aromatic carbocycles. The lowest BCUT2D eigenvalue weighted by Gasteiger charge is -2.32. The largest absolute Gasteiger partial charge is 0.496 e. The van der Waals surface area contributed by atoms with E-state index in [0.29, 0.717) is 5.02 Å². The summed E-state index contributed by atoms with van der Waals surface area (Å²) in [6, 6.07) is 9.75. The highest BCUT2D eigenvalue weighted by molar-refractivity contribution is 6.62. The Hall–Kier alpha value is -1.36.